The minimum atomic E-state index is -4.54. The number of benzene rings is 1. The minimum Gasteiger partial charge on any atom is -0.390 e. The molecule has 116 valence electrons. The predicted octanol–water partition coefficient (Wildman–Crippen LogP) is 1.50. The molecule has 0 saturated carbocycles. The first-order valence-electron chi connectivity index (χ1n) is 6.39. The molecule has 2 atom stereocenters. The molecule has 1 aliphatic rings. The molecule has 8 heteroatoms. The van der Waals surface area contributed by atoms with Gasteiger partial charge in [-0.1, -0.05) is 12.1 Å². The van der Waals surface area contributed by atoms with Crippen molar-refractivity contribution < 1.29 is 23.1 Å². The summed E-state index contributed by atoms with van der Waals surface area (Å²) in [4.78, 5) is 13.2. The summed E-state index contributed by atoms with van der Waals surface area (Å²) in [6, 6.07) is 3.60. The predicted molar refractivity (Wildman–Crippen MR) is 70.9 cm³/mol. The molecule has 0 radical (unpaired) electrons. The zero-order chi connectivity index (χ0) is 15.6. The molecule has 1 fully saturated rings. The van der Waals surface area contributed by atoms with Gasteiger partial charge < -0.3 is 20.6 Å². The Kier molecular flexibility index (Phi) is 4.38. The van der Waals surface area contributed by atoms with E-state index in [0.717, 1.165) is 6.07 Å². The van der Waals surface area contributed by atoms with Crippen LogP contribution in [0.5, 0.6) is 0 Å². The maximum Gasteiger partial charge on any atom is 0.418 e. The molecule has 0 bridgehead atoms. The second kappa shape index (κ2) is 5.90. The van der Waals surface area contributed by atoms with E-state index in [1.807, 2.05) is 0 Å². The maximum atomic E-state index is 12.8. The second-order valence-electron chi connectivity index (χ2n) is 4.88. The number of anilines is 1. The molecule has 0 spiro atoms. The van der Waals surface area contributed by atoms with Gasteiger partial charge in [-0.25, -0.2) is 4.79 Å². The Morgan fingerprint density at radius 2 is 2.05 bits per heavy atom. The summed E-state index contributed by atoms with van der Waals surface area (Å²) in [6.45, 7) is 0.743. The van der Waals surface area contributed by atoms with Crippen LogP contribution in [0.25, 0.3) is 0 Å². The standard InChI is InChI=1S/C13H16F3N3O2/c1-19(10-6-17-7-11(10)20)12(21)18-9-5-3-2-4-8(9)13(14,15)16/h2-5,10-11,17,20H,6-7H2,1H3,(H,18,21)/t10-,11-/m1/s1. The highest BCUT2D eigenvalue weighted by Gasteiger charge is 2.35. The fourth-order valence-electron chi connectivity index (χ4n) is 2.24. The third-order valence-electron chi connectivity index (χ3n) is 3.44. The van der Waals surface area contributed by atoms with Gasteiger partial charge in [-0.3, -0.25) is 0 Å². The van der Waals surface area contributed by atoms with Gasteiger partial charge in [-0.15, -0.1) is 0 Å². The van der Waals surface area contributed by atoms with Gasteiger partial charge in [0, 0.05) is 20.1 Å². The van der Waals surface area contributed by atoms with Crippen LogP contribution in [0.2, 0.25) is 0 Å². The van der Waals surface area contributed by atoms with Crippen molar-refractivity contribution >= 4 is 11.7 Å². The third-order valence-corrected chi connectivity index (χ3v) is 3.44. The topological polar surface area (TPSA) is 64.6 Å². The van der Waals surface area contributed by atoms with Crippen molar-refractivity contribution in [2.45, 2.75) is 18.3 Å². The van der Waals surface area contributed by atoms with Gasteiger partial charge >= 0.3 is 12.2 Å². The number of rotatable bonds is 2. The van der Waals surface area contributed by atoms with Crippen molar-refractivity contribution in [2.24, 2.45) is 0 Å². The van der Waals surface area contributed by atoms with Crippen LogP contribution in [0, 0.1) is 0 Å². The lowest BCUT2D eigenvalue weighted by Gasteiger charge is -2.27. The monoisotopic (exact) mass is 303 g/mol. The first kappa shape index (κ1) is 15.6. The molecule has 3 N–H and O–H groups in total. The van der Waals surface area contributed by atoms with Crippen molar-refractivity contribution in [1.82, 2.24) is 10.2 Å². The van der Waals surface area contributed by atoms with Crippen molar-refractivity contribution in [3.63, 3.8) is 0 Å². The van der Waals surface area contributed by atoms with Gasteiger partial charge in [0.25, 0.3) is 0 Å². The number of urea groups is 1. The molecular formula is C13H16F3N3O2. The Labute approximate surface area is 119 Å². The lowest BCUT2D eigenvalue weighted by Crippen LogP contribution is -2.46. The largest absolute Gasteiger partial charge is 0.418 e. The van der Waals surface area contributed by atoms with Crippen LogP contribution in [0.4, 0.5) is 23.7 Å². The summed E-state index contributed by atoms with van der Waals surface area (Å²) in [7, 11) is 1.44. The average molecular weight is 303 g/mol. The van der Waals surface area contributed by atoms with E-state index >= 15 is 0 Å². The Morgan fingerprint density at radius 3 is 2.62 bits per heavy atom. The third kappa shape index (κ3) is 3.45. The number of likely N-dealkylation sites (N-methyl/N-ethyl adjacent to an activating group) is 1. The normalized spacial score (nSPS) is 22.1. The number of carbonyl (C=O) groups is 1. The zero-order valence-corrected chi connectivity index (χ0v) is 11.3. The number of hydrogen-bond donors (Lipinski definition) is 3. The number of nitrogens with one attached hydrogen (secondary N) is 2. The number of alkyl halides is 3. The van der Waals surface area contributed by atoms with Gasteiger partial charge in [0.1, 0.15) is 0 Å². The van der Waals surface area contributed by atoms with Crippen LogP contribution in [-0.4, -0.2) is 48.3 Å². The fourth-order valence-corrected chi connectivity index (χ4v) is 2.24. The number of nitrogens with zero attached hydrogens (tertiary/aromatic N) is 1. The molecule has 1 aromatic carbocycles. The van der Waals surface area contributed by atoms with E-state index in [-0.39, 0.29) is 5.69 Å². The van der Waals surface area contributed by atoms with E-state index in [4.69, 9.17) is 0 Å². The molecule has 0 aliphatic carbocycles. The first-order chi connectivity index (χ1) is 9.80. The Bertz CT molecular complexity index is 522. The van der Waals surface area contributed by atoms with E-state index < -0.39 is 29.9 Å². The molecular weight excluding hydrogens is 287 g/mol. The number of aliphatic hydroxyl groups is 1. The molecule has 21 heavy (non-hydrogen) atoms. The van der Waals surface area contributed by atoms with Crippen LogP contribution in [0.15, 0.2) is 24.3 Å². The van der Waals surface area contributed by atoms with Crippen LogP contribution >= 0.6 is 0 Å². The number of β-amino-alcohol motifs (C(OH)–C–C–N with tert-alkyl or cyclic N) is 1. The van der Waals surface area contributed by atoms with Crippen molar-refractivity contribution in [1.29, 1.82) is 0 Å². The smallest absolute Gasteiger partial charge is 0.390 e. The van der Waals surface area contributed by atoms with Crippen LogP contribution in [0.3, 0.4) is 0 Å². The van der Waals surface area contributed by atoms with Gasteiger partial charge in [-0.05, 0) is 12.1 Å². The van der Waals surface area contributed by atoms with Gasteiger partial charge in [-0.2, -0.15) is 13.2 Å². The Morgan fingerprint density at radius 1 is 1.38 bits per heavy atom. The highest BCUT2D eigenvalue weighted by molar-refractivity contribution is 5.90. The van der Waals surface area contributed by atoms with Crippen LogP contribution < -0.4 is 10.6 Å². The van der Waals surface area contributed by atoms with E-state index in [9.17, 15) is 23.1 Å². The molecule has 1 saturated heterocycles. The number of hydrogen-bond acceptors (Lipinski definition) is 3. The van der Waals surface area contributed by atoms with Gasteiger partial charge in [0.2, 0.25) is 0 Å². The van der Waals surface area contributed by atoms with Gasteiger partial charge in [0.15, 0.2) is 0 Å². The number of amides is 2. The summed E-state index contributed by atoms with van der Waals surface area (Å²) in [5, 5.41) is 14.8. The number of para-hydroxylation sites is 1. The van der Waals surface area contributed by atoms with Crippen LogP contribution in [-0.2, 0) is 6.18 Å². The van der Waals surface area contributed by atoms with Crippen molar-refractivity contribution in [3.8, 4) is 0 Å². The molecule has 2 amide bonds. The molecule has 1 aromatic rings. The summed E-state index contributed by atoms with van der Waals surface area (Å²) in [6.07, 6.45) is -5.28. The molecule has 2 rings (SSSR count). The maximum absolute atomic E-state index is 12.8. The lowest BCUT2D eigenvalue weighted by atomic mass is 10.1. The number of carbonyl (C=O) groups excluding carboxylic acids is 1. The molecule has 1 heterocycles. The Hall–Kier alpha value is -1.80. The highest BCUT2D eigenvalue weighted by Crippen LogP contribution is 2.34. The molecule has 1 aliphatic heterocycles. The number of halogens is 3. The SMILES string of the molecule is CN(C(=O)Nc1ccccc1C(F)(F)F)[C@@H]1CNC[C@H]1O. The number of aliphatic hydroxyl groups excluding tert-OH is 1. The van der Waals surface area contributed by atoms with E-state index in [0.29, 0.717) is 13.1 Å². The quantitative estimate of drug-likeness (QED) is 0.776. The average Bonchev–Trinajstić information content (AvgIpc) is 2.83. The summed E-state index contributed by atoms with van der Waals surface area (Å²) < 4.78 is 38.5. The molecule has 0 unspecified atom stereocenters. The minimum absolute atomic E-state index is 0.303. The van der Waals surface area contributed by atoms with Crippen molar-refractivity contribution in [3.05, 3.63) is 29.8 Å². The van der Waals surface area contributed by atoms with Crippen LogP contribution in [0.1, 0.15) is 5.56 Å². The van der Waals surface area contributed by atoms with E-state index in [2.05, 4.69) is 10.6 Å². The fraction of sp³-hybridized carbons (Fsp3) is 0.462. The second-order valence-corrected chi connectivity index (χ2v) is 4.88. The summed E-state index contributed by atoms with van der Waals surface area (Å²) >= 11 is 0. The van der Waals surface area contributed by atoms with Crippen molar-refractivity contribution in [2.75, 3.05) is 25.5 Å². The van der Waals surface area contributed by atoms with E-state index in [1.54, 1.807) is 0 Å². The Balaban J connectivity index is 2.13. The summed E-state index contributed by atoms with van der Waals surface area (Å²) in [5.41, 5.74) is -1.21. The first-order valence-corrected chi connectivity index (χ1v) is 6.39. The lowest BCUT2D eigenvalue weighted by molar-refractivity contribution is -0.136. The summed E-state index contributed by atoms with van der Waals surface area (Å²) in [5.74, 6) is 0. The highest BCUT2D eigenvalue weighted by atomic mass is 19.4. The molecule has 0 aromatic heterocycles. The van der Waals surface area contributed by atoms with E-state index in [1.165, 1.54) is 30.1 Å². The molecule has 5 nitrogen and oxygen atoms in total. The zero-order valence-electron chi connectivity index (χ0n) is 11.3. The van der Waals surface area contributed by atoms with Gasteiger partial charge in [0.05, 0.1) is 23.4 Å².